The van der Waals surface area contributed by atoms with Gasteiger partial charge >= 0.3 is 0 Å². The Morgan fingerprint density at radius 2 is 2.23 bits per heavy atom. The second-order valence-corrected chi connectivity index (χ2v) is 4.60. The van der Waals surface area contributed by atoms with Crippen LogP contribution >= 0.6 is 0 Å². The minimum absolute atomic E-state index is 0.344. The Kier molecular flexibility index (Phi) is 2.58. The summed E-state index contributed by atoms with van der Waals surface area (Å²) in [5.74, 6) is 0.565. The second kappa shape index (κ2) is 3.56. The predicted molar refractivity (Wildman–Crippen MR) is 52.5 cm³/mol. The smallest absolute Gasteiger partial charge is 0.0646 e. The molecule has 0 saturated carbocycles. The maximum Gasteiger partial charge on any atom is 0.0646 e. The first-order chi connectivity index (χ1) is 6.16. The molecule has 0 aromatic carbocycles. The third kappa shape index (κ3) is 1.87. The zero-order valence-electron chi connectivity index (χ0n) is 8.57. The van der Waals surface area contributed by atoms with Crippen molar-refractivity contribution in [2.75, 3.05) is 20.1 Å². The van der Waals surface area contributed by atoms with Gasteiger partial charge in [-0.3, -0.25) is 0 Å². The van der Waals surface area contributed by atoms with Crippen molar-refractivity contribution in [1.29, 1.82) is 0 Å². The highest BCUT2D eigenvalue weighted by atomic mass is 16.5. The largest absolute Gasteiger partial charge is 0.375 e. The lowest BCUT2D eigenvalue weighted by atomic mass is 9.83. The van der Waals surface area contributed by atoms with Gasteiger partial charge in [0.2, 0.25) is 0 Å². The van der Waals surface area contributed by atoms with E-state index in [1.807, 2.05) is 0 Å². The van der Waals surface area contributed by atoms with Gasteiger partial charge in [-0.15, -0.1) is 0 Å². The number of hydrogen-bond acceptors (Lipinski definition) is 3. The van der Waals surface area contributed by atoms with E-state index in [9.17, 15) is 0 Å². The number of rotatable bonds is 0. The summed E-state index contributed by atoms with van der Waals surface area (Å²) < 4.78 is 5.90. The first kappa shape index (κ1) is 9.44. The molecule has 0 aromatic heterocycles. The molecule has 2 N–H and O–H groups in total. The van der Waals surface area contributed by atoms with Crippen LogP contribution in [0.15, 0.2) is 0 Å². The highest BCUT2D eigenvalue weighted by Gasteiger charge is 2.38. The fourth-order valence-electron chi connectivity index (χ4n) is 2.62. The summed E-state index contributed by atoms with van der Waals surface area (Å²) >= 11 is 0. The number of hydrogen-bond donors (Lipinski definition) is 1. The van der Waals surface area contributed by atoms with Gasteiger partial charge in [-0.2, -0.15) is 0 Å². The molecule has 0 spiro atoms. The highest BCUT2D eigenvalue weighted by Crippen LogP contribution is 2.29. The first-order valence-corrected chi connectivity index (χ1v) is 5.26. The molecule has 2 heterocycles. The molecule has 3 heteroatoms. The van der Waals surface area contributed by atoms with Crippen LogP contribution in [0.2, 0.25) is 0 Å². The zero-order chi connectivity index (χ0) is 9.42. The van der Waals surface area contributed by atoms with E-state index in [1.54, 1.807) is 0 Å². The molecule has 2 aliphatic heterocycles. The van der Waals surface area contributed by atoms with Crippen molar-refractivity contribution < 1.29 is 4.74 Å². The number of nitrogens with zero attached hydrogens (tertiary/aromatic N) is 1. The maximum atomic E-state index is 6.14. The average Bonchev–Trinajstić information content (AvgIpc) is 2.06. The van der Waals surface area contributed by atoms with Crippen LogP contribution in [0.5, 0.6) is 0 Å². The Morgan fingerprint density at radius 1 is 1.46 bits per heavy atom. The number of likely N-dealkylation sites (tertiary alicyclic amines) is 1. The van der Waals surface area contributed by atoms with Crippen LogP contribution in [0.1, 0.15) is 19.8 Å². The van der Waals surface area contributed by atoms with Crippen molar-refractivity contribution in [2.45, 2.75) is 38.0 Å². The third-order valence-electron chi connectivity index (χ3n) is 3.36. The minimum atomic E-state index is 0.344. The molecular formula is C10H20N2O. The van der Waals surface area contributed by atoms with E-state index in [2.05, 4.69) is 18.9 Å². The molecule has 2 fully saturated rings. The molecule has 0 bridgehead atoms. The van der Waals surface area contributed by atoms with E-state index in [0.29, 0.717) is 24.2 Å². The summed E-state index contributed by atoms with van der Waals surface area (Å²) in [6.45, 7) is 4.40. The summed E-state index contributed by atoms with van der Waals surface area (Å²) in [5, 5.41) is 0. The topological polar surface area (TPSA) is 38.5 Å². The van der Waals surface area contributed by atoms with Crippen molar-refractivity contribution in [3.05, 3.63) is 0 Å². The average molecular weight is 184 g/mol. The normalized spacial score (nSPS) is 47.3. The van der Waals surface area contributed by atoms with Gasteiger partial charge < -0.3 is 15.4 Å². The summed E-state index contributed by atoms with van der Waals surface area (Å²) in [5.41, 5.74) is 6.14. The van der Waals surface area contributed by atoms with E-state index >= 15 is 0 Å². The van der Waals surface area contributed by atoms with E-state index in [-0.39, 0.29) is 0 Å². The summed E-state index contributed by atoms with van der Waals surface area (Å²) in [6, 6.07) is 0.344. The van der Waals surface area contributed by atoms with Crippen molar-refractivity contribution in [1.82, 2.24) is 4.90 Å². The van der Waals surface area contributed by atoms with Gasteiger partial charge in [-0.25, -0.2) is 0 Å². The Labute approximate surface area is 80.2 Å². The number of fused-ring (bicyclic) bond motifs is 1. The Bertz CT molecular complexity index is 186. The van der Waals surface area contributed by atoms with Gasteiger partial charge in [-0.05, 0) is 26.8 Å². The van der Waals surface area contributed by atoms with E-state index < -0.39 is 0 Å². The zero-order valence-corrected chi connectivity index (χ0v) is 8.57. The summed E-state index contributed by atoms with van der Waals surface area (Å²) in [6.07, 6.45) is 2.96. The lowest BCUT2D eigenvalue weighted by molar-refractivity contribution is -0.110. The molecule has 0 aromatic rings. The number of ether oxygens (including phenoxy) is 1. The minimum Gasteiger partial charge on any atom is -0.375 e. The summed E-state index contributed by atoms with van der Waals surface area (Å²) in [7, 11) is 2.17. The molecule has 0 aliphatic carbocycles. The molecule has 4 atom stereocenters. The lowest BCUT2D eigenvalue weighted by Gasteiger charge is -2.45. The molecule has 0 amide bonds. The summed E-state index contributed by atoms with van der Waals surface area (Å²) in [4.78, 5) is 2.36. The fraction of sp³-hybridized carbons (Fsp3) is 1.00. The number of nitrogens with two attached hydrogens (primary N) is 1. The third-order valence-corrected chi connectivity index (χ3v) is 3.36. The second-order valence-electron chi connectivity index (χ2n) is 4.60. The van der Waals surface area contributed by atoms with Gasteiger partial charge in [0.1, 0.15) is 0 Å². The Balaban J connectivity index is 2.02. The standard InChI is InChI=1S/C10H20N2O/c1-7-5-9(11)8-6-12(2)4-3-10(8)13-7/h7-10H,3-6,11H2,1-2H3. The van der Waals surface area contributed by atoms with Crippen LogP contribution in [0, 0.1) is 5.92 Å². The van der Waals surface area contributed by atoms with Gasteiger partial charge in [0.25, 0.3) is 0 Å². The van der Waals surface area contributed by atoms with E-state index in [0.717, 1.165) is 25.9 Å². The van der Waals surface area contributed by atoms with Crippen LogP contribution in [0.25, 0.3) is 0 Å². The van der Waals surface area contributed by atoms with Crippen molar-refractivity contribution in [2.24, 2.45) is 11.7 Å². The maximum absolute atomic E-state index is 6.14. The molecular weight excluding hydrogens is 164 g/mol. The lowest BCUT2D eigenvalue weighted by Crippen LogP contribution is -2.55. The quantitative estimate of drug-likeness (QED) is 0.594. The van der Waals surface area contributed by atoms with Crippen LogP contribution in [0.4, 0.5) is 0 Å². The first-order valence-electron chi connectivity index (χ1n) is 5.26. The van der Waals surface area contributed by atoms with Gasteiger partial charge in [0.15, 0.2) is 0 Å². The molecule has 0 radical (unpaired) electrons. The van der Waals surface area contributed by atoms with Crippen molar-refractivity contribution in [3.63, 3.8) is 0 Å². The van der Waals surface area contributed by atoms with Crippen molar-refractivity contribution in [3.8, 4) is 0 Å². The molecule has 76 valence electrons. The van der Waals surface area contributed by atoms with Gasteiger partial charge in [0.05, 0.1) is 12.2 Å². The predicted octanol–water partition coefficient (Wildman–Crippen LogP) is 0.443. The van der Waals surface area contributed by atoms with Gasteiger partial charge in [0, 0.05) is 25.0 Å². The van der Waals surface area contributed by atoms with E-state index in [1.165, 1.54) is 0 Å². The molecule has 2 saturated heterocycles. The SMILES string of the molecule is CC1CC(N)C2CN(C)CCC2O1. The van der Waals surface area contributed by atoms with E-state index in [4.69, 9.17) is 10.5 Å². The molecule has 3 nitrogen and oxygen atoms in total. The number of piperidine rings is 1. The highest BCUT2D eigenvalue weighted by molar-refractivity contribution is 4.91. The fourth-order valence-corrected chi connectivity index (χ4v) is 2.62. The van der Waals surface area contributed by atoms with Crippen molar-refractivity contribution >= 4 is 0 Å². The monoisotopic (exact) mass is 184 g/mol. The Hall–Kier alpha value is -0.120. The van der Waals surface area contributed by atoms with Crippen LogP contribution < -0.4 is 5.73 Å². The van der Waals surface area contributed by atoms with Crippen LogP contribution in [-0.4, -0.2) is 43.3 Å². The van der Waals surface area contributed by atoms with Gasteiger partial charge in [-0.1, -0.05) is 0 Å². The molecule has 2 rings (SSSR count). The molecule has 4 unspecified atom stereocenters. The van der Waals surface area contributed by atoms with Crippen LogP contribution in [-0.2, 0) is 4.74 Å². The Morgan fingerprint density at radius 3 is 3.00 bits per heavy atom. The van der Waals surface area contributed by atoms with Crippen LogP contribution in [0.3, 0.4) is 0 Å². The molecule has 2 aliphatic rings. The molecule has 13 heavy (non-hydrogen) atoms.